The van der Waals surface area contributed by atoms with Crippen LogP contribution in [0.3, 0.4) is 0 Å². The minimum absolute atomic E-state index is 0.106. The number of benzene rings is 1. The van der Waals surface area contributed by atoms with E-state index in [2.05, 4.69) is 5.32 Å². The Hall–Kier alpha value is -1.27. The van der Waals surface area contributed by atoms with E-state index >= 15 is 0 Å². The molecule has 4 nitrogen and oxygen atoms in total. The second-order valence-electron chi connectivity index (χ2n) is 4.45. The summed E-state index contributed by atoms with van der Waals surface area (Å²) in [4.78, 5) is 11.0. The molecule has 0 radical (unpaired) electrons. The standard InChI is InChI=1S/C13H19FN2O2S/c1-9(19(2)18)5-6-16-8-11-7-10(13(15)17)3-4-12(11)14/h3-4,7,9,16H,5-6,8H2,1-2H3,(H2,15,17). The highest BCUT2D eigenvalue weighted by Crippen LogP contribution is 2.10. The summed E-state index contributed by atoms with van der Waals surface area (Å²) in [6.45, 7) is 2.86. The molecule has 0 aliphatic heterocycles. The lowest BCUT2D eigenvalue weighted by atomic mass is 10.1. The van der Waals surface area contributed by atoms with Gasteiger partial charge in [-0.25, -0.2) is 4.39 Å². The van der Waals surface area contributed by atoms with Crippen molar-refractivity contribution >= 4 is 16.7 Å². The lowest BCUT2D eigenvalue weighted by Gasteiger charge is -2.10. The van der Waals surface area contributed by atoms with Crippen LogP contribution in [-0.2, 0) is 17.3 Å². The van der Waals surface area contributed by atoms with E-state index in [1.807, 2.05) is 6.92 Å². The third kappa shape index (κ3) is 5.08. The molecule has 0 aliphatic rings. The Balaban J connectivity index is 2.51. The quantitative estimate of drug-likeness (QED) is 0.739. The van der Waals surface area contributed by atoms with Crippen molar-refractivity contribution in [2.45, 2.75) is 25.1 Å². The summed E-state index contributed by atoms with van der Waals surface area (Å²) in [6.07, 6.45) is 2.42. The van der Waals surface area contributed by atoms with E-state index in [4.69, 9.17) is 5.73 Å². The maximum absolute atomic E-state index is 13.5. The first-order valence-electron chi connectivity index (χ1n) is 6.03. The number of rotatable bonds is 7. The monoisotopic (exact) mass is 286 g/mol. The van der Waals surface area contributed by atoms with Crippen molar-refractivity contribution in [3.63, 3.8) is 0 Å². The zero-order valence-corrected chi connectivity index (χ0v) is 11.9. The van der Waals surface area contributed by atoms with Crippen LogP contribution in [0.2, 0.25) is 0 Å². The predicted octanol–water partition coefficient (Wildman–Crippen LogP) is 1.17. The number of halogens is 1. The van der Waals surface area contributed by atoms with Gasteiger partial charge in [0.25, 0.3) is 0 Å². The summed E-state index contributed by atoms with van der Waals surface area (Å²) in [5.41, 5.74) is 5.84. The van der Waals surface area contributed by atoms with Gasteiger partial charge in [0.15, 0.2) is 0 Å². The van der Waals surface area contributed by atoms with Crippen LogP contribution in [0.4, 0.5) is 4.39 Å². The van der Waals surface area contributed by atoms with Crippen molar-refractivity contribution in [2.75, 3.05) is 12.8 Å². The lowest BCUT2D eigenvalue weighted by molar-refractivity contribution is 0.1000. The van der Waals surface area contributed by atoms with E-state index in [0.29, 0.717) is 24.2 Å². The molecule has 3 N–H and O–H groups in total. The normalized spacial score (nSPS) is 14.1. The average molecular weight is 286 g/mol. The van der Waals surface area contributed by atoms with Gasteiger partial charge in [0.1, 0.15) is 5.82 Å². The molecular weight excluding hydrogens is 267 g/mol. The lowest BCUT2D eigenvalue weighted by Crippen LogP contribution is -2.21. The molecular formula is C13H19FN2O2S. The second-order valence-corrected chi connectivity index (χ2v) is 6.25. The van der Waals surface area contributed by atoms with Crippen molar-refractivity contribution in [3.8, 4) is 0 Å². The third-order valence-corrected chi connectivity index (χ3v) is 4.31. The molecule has 0 fully saturated rings. The van der Waals surface area contributed by atoms with Crippen LogP contribution in [0.1, 0.15) is 29.3 Å². The number of nitrogens with two attached hydrogens (primary N) is 1. The van der Waals surface area contributed by atoms with Crippen LogP contribution in [0.15, 0.2) is 18.2 Å². The first-order chi connectivity index (χ1) is 8.91. The number of nitrogens with one attached hydrogen (secondary N) is 1. The molecule has 1 aromatic carbocycles. The van der Waals surface area contributed by atoms with Gasteiger partial charge in [-0.15, -0.1) is 0 Å². The molecule has 1 rings (SSSR count). The number of primary amides is 1. The molecule has 0 heterocycles. The van der Waals surface area contributed by atoms with Crippen molar-refractivity contribution in [2.24, 2.45) is 5.73 Å². The summed E-state index contributed by atoms with van der Waals surface area (Å²) in [5, 5.41) is 3.17. The molecule has 19 heavy (non-hydrogen) atoms. The van der Waals surface area contributed by atoms with E-state index in [-0.39, 0.29) is 11.1 Å². The average Bonchev–Trinajstić information content (AvgIpc) is 2.35. The molecule has 6 heteroatoms. The van der Waals surface area contributed by atoms with Gasteiger partial charge in [-0.1, -0.05) is 6.92 Å². The Morgan fingerprint density at radius 2 is 2.21 bits per heavy atom. The first kappa shape index (κ1) is 15.8. The predicted molar refractivity (Wildman–Crippen MR) is 74.8 cm³/mol. The van der Waals surface area contributed by atoms with Crippen LogP contribution >= 0.6 is 0 Å². The fourth-order valence-electron chi connectivity index (χ4n) is 1.56. The van der Waals surface area contributed by atoms with Gasteiger partial charge in [0, 0.05) is 40.0 Å². The molecule has 0 aliphatic carbocycles. The molecule has 106 valence electrons. The molecule has 0 saturated carbocycles. The van der Waals surface area contributed by atoms with Crippen molar-refractivity contribution in [1.82, 2.24) is 5.32 Å². The highest BCUT2D eigenvalue weighted by molar-refractivity contribution is 7.84. The number of hydrogen-bond acceptors (Lipinski definition) is 3. The molecule has 2 atom stereocenters. The molecule has 1 aromatic rings. The first-order valence-corrected chi connectivity index (χ1v) is 7.65. The fourth-order valence-corrected chi connectivity index (χ4v) is 2.01. The highest BCUT2D eigenvalue weighted by Gasteiger charge is 2.08. The van der Waals surface area contributed by atoms with Crippen LogP contribution in [-0.4, -0.2) is 28.2 Å². The van der Waals surface area contributed by atoms with Gasteiger partial charge >= 0.3 is 0 Å². The maximum Gasteiger partial charge on any atom is 0.248 e. The van der Waals surface area contributed by atoms with Crippen LogP contribution in [0.5, 0.6) is 0 Å². The number of hydrogen-bond donors (Lipinski definition) is 2. The van der Waals surface area contributed by atoms with Gasteiger partial charge in [-0.3, -0.25) is 9.00 Å². The minimum atomic E-state index is -0.848. The van der Waals surface area contributed by atoms with Crippen LogP contribution < -0.4 is 11.1 Å². The van der Waals surface area contributed by atoms with Crippen molar-refractivity contribution in [1.29, 1.82) is 0 Å². The van der Waals surface area contributed by atoms with E-state index in [1.54, 1.807) is 6.26 Å². The fraction of sp³-hybridized carbons (Fsp3) is 0.462. The molecule has 0 spiro atoms. The zero-order valence-electron chi connectivity index (χ0n) is 11.1. The molecule has 2 unspecified atom stereocenters. The summed E-state index contributed by atoms with van der Waals surface area (Å²) in [6, 6.07) is 4.05. The second kappa shape index (κ2) is 7.35. The number of carbonyl (C=O) groups is 1. The van der Waals surface area contributed by atoms with E-state index in [1.165, 1.54) is 18.2 Å². The van der Waals surface area contributed by atoms with Crippen LogP contribution in [0, 0.1) is 5.82 Å². The van der Waals surface area contributed by atoms with E-state index in [0.717, 1.165) is 6.42 Å². The van der Waals surface area contributed by atoms with Gasteiger partial charge in [-0.05, 0) is 31.2 Å². The Kier molecular flexibility index (Phi) is 6.11. The van der Waals surface area contributed by atoms with Crippen molar-refractivity contribution < 1.29 is 13.4 Å². The topological polar surface area (TPSA) is 72.2 Å². The summed E-state index contributed by atoms with van der Waals surface area (Å²) < 4.78 is 24.7. The molecule has 1 amide bonds. The number of amides is 1. The van der Waals surface area contributed by atoms with Gasteiger partial charge in [0.2, 0.25) is 5.91 Å². The summed E-state index contributed by atoms with van der Waals surface area (Å²) in [7, 11) is -0.848. The maximum atomic E-state index is 13.5. The third-order valence-electron chi connectivity index (χ3n) is 2.94. The Labute approximate surface area is 115 Å². The SMILES string of the molecule is CC(CCNCc1cc(C(N)=O)ccc1F)S(C)=O. The van der Waals surface area contributed by atoms with Gasteiger partial charge < -0.3 is 11.1 Å². The van der Waals surface area contributed by atoms with E-state index in [9.17, 15) is 13.4 Å². The van der Waals surface area contributed by atoms with Gasteiger partial charge in [-0.2, -0.15) is 0 Å². The highest BCUT2D eigenvalue weighted by atomic mass is 32.2. The molecule has 0 saturated heterocycles. The Morgan fingerprint density at radius 1 is 1.53 bits per heavy atom. The zero-order chi connectivity index (χ0) is 14.4. The van der Waals surface area contributed by atoms with E-state index < -0.39 is 16.7 Å². The Bertz CT molecular complexity index is 480. The smallest absolute Gasteiger partial charge is 0.248 e. The number of carbonyl (C=O) groups excluding carboxylic acids is 1. The Morgan fingerprint density at radius 3 is 2.79 bits per heavy atom. The molecule has 0 aromatic heterocycles. The van der Waals surface area contributed by atoms with Crippen molar-refractivity contribution in [3.05, 3.63) is 35.1 Å². The summed E-state index contributed by atoms with van der Waals surface area (Å²) >= 11 is 0. The van der Waals surface area contributed by atoms with Gasteiger partial charge in [0.05, 0.1) is 0 Å². The molecule has 0 bridgehead atoms. The largest absolute Gasteiger partial charge is 0.366 e. The van der Waals surface area contributed by atoms with Crippen LogP contribution in [0.25, 0.3) is 0 Å². The summed E-state index contributed by atoms with van der Waals surface area (Å²) in [5.74, 6) is -0.944. The minimum Gasteiger partial charge on any atom is -0.366 e.